The zero-order chi connectivity index (χ0) is 11.8. The van der Waals surface area contributed by atoms with Crippen molar-refractivity contribution < 1.29 is 10.3 Å². The summed E-state index contributed by atoms with van der Waals surface area (Å²) in [5, 5.41) is 20.5. The summed E-state index contributed by atoms with van der Waals surface area (Å²) in [5.74, 6) is 0.263. The fourth-order valence-corrected chi connectivity index (χ4v) is 2.36. The summed E-state index contributed by atoms with van der Waals surface area (Å²) in [6.45, 7) is 1.62. The third-order valence-corrected chi connectivity index (χ3v) is 3.26. The number of aliphatic hydroxyl groups is 1. The Kier molecular flexibility index (Phi) is 6.18. The van der Waals surface area contributed by atoms with Crippen LogP contribution in [-0.2, 0) is 0 Å². The minimum absolute atomic E-state index is 0.173. The van der Waals surface area contributed by atoms with E-state index in [2.05, 4.69) is 10.1 Å². The van der Waals surface area contributed by atoms with Crippen LogP contribution in [0.1, 0.15) is 38.5 Å². The van der Waals surface area contributed by atoms with Crippen molar-refractivity contribution in [2.45, 2.75) is 44.6 Å². The highest BCUT2D eigenvalue weighted by atomic mass is 16.4. The van der Waals surface area contributed by atoms with Crippen molar-refractivity contribution in [1.82, 2.24) is 4.90 Å². The molecule has 0 radical (unpaired) electrons. The number of nitrogens with zero attached hydrogens (tertiary/aromatic N) is 2. The van der Waals surface area contributed by atoms with E-state index in [0.717, 1.165) is 6.54 Å². The van der Waals surface area contributed by atoms with Crippen molar-refractivity contribution in [2.75, 3.05) is 19.7 Å². The number of amidine groups is 1. The summed E-state index contributed by atoms with van der Waals surface area (Å²) in [4.78, 5) is 2.26. The third-order valence-electron chi connectivity index (χ3n) is 3.26. The first-order valence-corrected chi connectivity index (χ1v) is 6.09. The second kappa shape index (κ2) is 7.46. The van der Waals surface area contributed by atoms with Gasteiger partial charge in [-0.3, -0.25) is 4.90 Å². The van der Waals surface area contributed by atoms with Gasteiger partial charge in [0.15, 0.2) is 0 Å². The predicted molar refractivity (Wildman–Crippen MR) is 63.6 cm³/mol. The Morgan fingerprint density at radius 3 is 2.50 bits per heavy atom. The Hall–Kier alpha value is -0.810. The normalized spacial score (nSPS) is 19.2. The summed E-state index contributed by atoms with van der Waals surface area (Å²) < 4.78 is 0. The molecule has 1 fully saturated rings. The highest BCUT2D eigenvalue weighted by Gasteiger charge is 2.20. The molecule has 94 valence electrons. The lowest BCUT2D eigenvalue weighted by molar-refractivity contribution is 0.127. The molecule has 0 aromatic rings. The number of hydrogen-bond donors (Lipinski definition) is 3. The number of rotatable bonds is 6. The van der Waals surface area contributed by atoms with Gasteiger partial charge in [0.25, 0.3) is 0 Å². The van der Waals surface area contributed by atoms with Crippen LogP contribution < -0.4 is 5.73 Å². The number of aliphatic hydroxyl groups excluding tert-OH is 1. The number of oxime groups is 1. The van der Waals surface area contributed by atoms with Crippen LogP contribution in [0.5, 0.6) is 0 Å². The fraction of sp³-hybridized carbons (Fsp3) is 0.909. The van der Waals surface area contributed by atoms with E-state index in [1.807, 2.05) is 0 Å². The maximum Gasteiger partial charge on any atom is 0.140 e. The molecule has 0 bridgehead atoms. The molecule has 0 heterocycles. The van der Waals surface area contributed by atoms with E-state index in [0.29, 0.717) is 19.0 Å². The first-order valence-electron chi connectivity index (χ1n) is 6.09. The summed E-state index contributed by atoms with van der Waals surface area (Å²) in [7, 11) is 0. The zero-order valence-corrected chi connectivity index (χ0v) is 9.81. The smallest absolute Gasteiger partial charge is 0.140 e. The molecule has 0 aromatic heterocycles. The van der Waals surface area contributed by atoms with Crippen LogP contribution in [0.4, 0.5) is 0 Å². The molecule has 0 unspecified atom stereocenters. The first-order chi connectivity index (χ1) is 7.77. The van der Waals surface area contributed by atoms with Crippen LogP contribution in [0.2, 0.25) is 0 Å². The van der Waals surface area contributed by atoms with E-state index in [1.54, 1.807) is 0 Å². The Balaban J connectivity index is 2.39. The molecule has 0 atom stereocenters. The van der Waals surface area contributed by atoms with Gasteiger partial charge < -0.3 is 16.0 Å². The molecular formula is C11H23N3O2. The monoisotopic (exact) mass is 229 g/mol. The lowest BCUT2D eigenvalue weighted by atomic mass is 9.94. The highest BCUT2D eigenvalue weighted by molar-refractivity contribution is 5.79. The zero-order valence-electron chi connectivity index (χ0n) is 9.81. The van der Waals surface area contributed by atoms with Gasteiger partial charge >= 0.3 is 0 Å². The summed E-state index contributed by atoms with van der Waals surface area (Å²) in [6.07, 6.45) is 6.84. The molecule has 0 aromatic carbocycles. The lowest BCUT2D eigenvalue weighted by Crippen LogP contribution is -2.40. The van der Waals surface area contributed by atoms with Gasteiger partial charge in [-0.25, -0.2) is 0 Å². The SMILES string of the molecule is NC(CCN(CCO)C1CCCCC1)=NO. The average Bonchev–Trinajstić information content (AvgIpc) is 2.35. The van der Waals surface area contributed by atoms with Gasteiger partial charge in [-0.15, -0.1) is 0 Å². The summed E-state index contributed by atoms with van der Waals surface area (Å²) in [5.41, 5.74) is 5.46. The quantitative estimate of drug-likeness (QED) is 0.272. The van der Waals surface area contributed by atoms with E-state index in [-0.39, 0.29) is 12.4 Å². The van der Waals surface area contributed by atoms with Gasteiger partial charge in [-0.05, 0) is 12.8 Å². The van der Waals surface area contributed by atoms with E-state index in [4.69, 9.17) is 16.0 Å². The van der Waals surface area contributed by atoms with Crippen LogP contribution in [0, 0.1) is 0 Å². The molecule has 16 heavy (non-hydrogen) atoms. The minimum Gasteiger partial charge on any atom is -0.409 e. The Labute approximate surface area is 96.9 Å². The van der Waals surface area contributed by atoms with Crippen LogP contribution in [0.25, 0.3) is 0 Å². The van der Waals surface area contributed by atoms with E-state index >= 15 is 0 Å². The fourth-order valence-electron chi connectivity index (χ4n) is 2.36. The number of hydrogen-bond acceptors (Lipinski definition) is 4. The molecule has 1 aliphatic carbocycles. The largest absolute Gasteiger partial charge is 0.409 e. The molecule has 5 heteroatoms. The van der Waals surface area contributed by atoms with Gasteiger partial charge in [0.1, 0.15) is 5.84 Å². The molecular weight excluding hydrogens is 206 g/mol. The Bertz CT molecular complexity index is 215. The van der Waals surface area contributed by atoms with E-state index in [9.17, 15) is 0 Å². The van der Waals surface area contributed by atoms with Crippen LogP contribution in [-0.4, -0.2) is 46.8 Å². The van der Waals surface area contributed by atoms with Gasteiger partial charge in [0.2, 0.25) is 0 Å². The molecule has 0 aliphatic heterocycles. The molecule has 1 rings (SSSR count). The van der Waals surface area contributed by atoms with Gasteiger partial charge in [0, 0.05) is 25.6 Å². The van der Waals surface area contributed by atoms with Crippen molar-refractivity contribution in [3.8, 4) is 0 Å². The van der Waals surface area contributed by atoms with Crippen molar-refractivity contribution in [3.05, 3.63) is 0 Å². The predicted octanol–water partition coefficient (Wildman–Crippen LogP) is 0.750. The molecule has 1 saturated carbocycles. The van der Waals surface area contributed by atoms with Crippen molar-refractivity contribution >= 4 is 5.84 Å². The van der Waals surface area contributed by atoms with Crippen molar-refractivity contribution in [2.24, 2.45) is 10.9 Å². The summed E-state index contributed by atoms with van der Waals surface area (Å²) >= 11 is 0. The van der Waals surface area contributed by atoms with Crippen molar-refractivity contribution in [3.63, 3.8) is 0 Å². The van der Waals surface area contributed by atoms with Crippen LogP contribution >= 0.6 is 0 Å². The molecule has 1 aliphatic rings. The lowest BCUT2D eigenvalue weighted by Gasteiger charge is -2.33. The summed E-state index contributed by atoms with van der Waals surface area (Å²) in [6, 6.07) is 0.562. The Morgan fingerprint density at radius 2 is 1.94 bits per heavy atom. The van der Waals surface area contributed by atoms with Crippen molar-refractivity contribution in [1.29, 1.82) is 0 Å². The van der Waals surface area contributed by atoms with Gasteiger partial charge in [0.05, 0.1) is 6.61 Å². The van der Waals surface area contributed by atoms with Gasteiger partial charge in [-0.1, -0.05) is 24.4 Å². The maximum atomic E-state index is 9.04. The maximum absolute atomic E-state index is 9.04. The van der Waals surface area contributed by atoms with E-state index < -0.39 is 0 Å². The molecule has 0 amide bonds. The third kappa shape index (κ3) is 4.37. The van der Waals surface area contributed by atoms with Crippen LogP contribution in [0.15, 0.2) is 5.16 Å². The molecule has 5 nitrogen and oxygen atoms in total. The number of nitrogens with two attached hydrogens (primary N) is 1. The highest BCUT2D eigenvalue weighted by Crippen LogP contribution is 2.22. The van der Waals surface area contributed by atoms with Gasteiger partial charge in [-0.2, -0.15) is 0 Å². The second-order valence-corrected chi connectivity index (χ2v) is 4.39. The average molecular weight is 229 g/mol. The molecule has 4 N–H and O–H groups in total. The molecule has 0 saturated heterocycles. The topological polar surface area (TPSA) is 82.1 Å². The standard InChI is InChI=1S/C11H23N3O2/c12-11(13-16)6-7-14(8-9-15)10-4-2-1-3-5-10/h10,15-16H,1-9H2,(H2,12,13). The van der Waals surface area contributed by atoms with E-state index in [1.165, 1.54) is 32.1 Å². The minimum atomic E-state index is 0.173. The van der Waals surface area contributed by atoms with Crippen LogP contribution in [0.3, 0.4) is 0 Å². The first kappa shape index (κ1) is 13.3. The second-order valence-electron chi connectivity index (χ2n) is 4.39. The molecule has 0 spiro atoms. The Morgan fingerprint density at radius 1 is 1.25 bits per heavy atom.